The fraction of sp³-hybridized carbons (Fsp3) is 0. The molecule has 2 rings (SSSR count). The molecule has 0 spiro atoms. The lowest BCUT2D eigenvalue weighted by atomic mass is 10.2. The van der Waals surface area contributed by atoms with E-state index in [1.807, 2.05) is 18.2 Å². The number of carbonyl (C=O) groups excluding carboxylic acids is 1. The third-order valence-electron chi connectivity index (χ3n) is 2.35. The number of anilines is 1. The van der Waals surface area contributed by atoms with E-state index in [-0.39, 0.29) is 5.57 Å². The number of nitrogens with one attached hydrogen (secondary N) is 1. The summed E-state index contributed by atoms with van der Waals surface area (Å²) < 4.78 is 1.53. The van der Waals surface area contributed by atoms with Crippen LogP contribution in [0.15, 0.2) is 46.4 Å². The van der Waals surface area contributed by atoms with Crippen LogP contribution in [0.2, 0.25) is 4.34 Å². The van der Waals surface area contributed by atoms with Gasteiger partial charge in [-0.2, -0.15) is 5.26 Å². The fourth-order valence-corrected chi connectivity index (χ4v) is 2.70. The average Bonchev–Trinajstić information content (AvgIpc) is 2.84. The first-order chi connectivity index (χ1) is 9.58. The molecule has 0 unspecified atom stereocenters. The maximum atomic E-state index is 12.0. The van der Waals surface area contributed by atoms with E-state index in [4.69, 9.17) is 16.9 Å². The first-order valence-corrected chi connectivity index (χ1v) is 7.51. The van der Waals surface area contributed by atoms with E-state index in [2.05, 4.69) is 21.2 Å². The molecule has 1 N–H and O–H groups in total. The Morgan fingerprint density at radius 3 is 2.55 bits per heavy atom. The van der Waals surface area contributed by atoms with Gasteiger partial charge in [-0.25, -0.2) is 0 Å². The number of halogens is 2. The van der Waals surface area contributed by atoms with Gasteiger partial charge >= 0.3 is 0 Å². The summed E-state index contributed by atoms with van der Waals surface area (Å²) in [5.74, 6) is -0.445. The second kappa shape index (κ2) is 6.71. The predicted molar refractivity (Wildman–Crippen MR) is 85.7 cm³/mol. The molecule has 20 heavy (non-hydrogen) atoms. The molecular formula is C14H8BrClN2OS. The highest BCUT2D eigenvalue weighted by Gasteiger charge is 2.10. The van der Waals surface area contributed by atoms with Gasteiger partial charge in [-0.1, -0.05) is 27.5 Å². The summed E-state index contributed by atoms with van der Waals surface area (Å²) in [6.07, 6.45) is 1.52. The lowest BCUT2D eigenvalue weighted by Gasteiger charge is -2.03. The summed E-state index contributed by atoms with van der Waals surface area (Å²) in [5.41, 5.74) is 0.662. The Kier molecular flexibility index (Phi) is 4.96. The molecule has 100 valence electrons. The Morgan fingerprint density at radius 2 is 2.00 bits per heavy atom. The topological polar surface area (TPSA) is 52.9 Å². The molecule has 0 saturated heterocycles. The van der Waals surface area contributed by atoms with Gasteiger partial charge in [0.25, 0.3) is 5.91 Å². The summed E-state index contributed by atoms with van der Waals surface area (Å²) in [5, 5.41) is 11.7. The zero-order chi connectivity index (χ0) is 14.5. The van der Waals surface area contributed by atoms with Crippen molar-refractivity contribution in [1.82, 2.24) is 0 Å². The van der Waals surface area contributed by atoms with E-state index in [0.717, 1.165) is 9.35 Å². The number of thiophene rings is 1. The Morgan fingerprint density at radius 1 is 1.30 bits per heavy atom. The highest BCUT2D eigenvalue weighted by Crippen LogP contribution is 2.24. The zero-order valence-corrected chi connectivity index (χ0v) is 13.2. The molecule has 0 aliphatic heterocycles. The SMILES string of the molecule is N#C/C(=C/c1ccc(Cl)s1)C(=O)Nc1ccc(Br)cc1. The fourth-order valence-electron chi connectivity index (χ4n) is 1.43. The Hall–Kier alpha value is -1.61. The monoisotopic (exact) mass is 366 g/mol. The molecule has 2 aromatic rings. The van der Waals surface area contributed by atoms with E-state index in [1.165, 1.54) is 17.4 Å². The van der Waals surface area contributed by atoms with Crippen LogP contribution in [-0.2, 0) is 4.79 Å². The highest BCUT2D eigenvalue weighted by atomic mass is 79.9. The molecule has 0 atom stereocenters. The number of nitrogens with zero attached hydrogens (tertiary/aromatic N) is 1. The molecule has 1 heterocycles. The molecule has 0 bridgehead atoms. The van der Waals surface area contributed by atoms with Crippen LogP contribution in [0.1, 0.15) is 4.88 Å². The number of rotatable bonds is 3. The molecule has 3 nitrogen and oxygen atoms in total. The number of amides is 1. The largest absolute Gasteiger partial charge is 0.321 e. The molecule has 6 heteroatoms. The summed E-state index contributed by atoms with van der Waals surface area (Å²) in [7, 11) is 0. The van der Waals surface area contributed by atoms with Crippen LogP contribution in [-0.4, -0.2) is 5.91 Å². The van der Waals surface area contributed by atoms with Crippen LogP contribution >= 0.6 is 38.9 Å². The van der Waals surface area contributed by atoms with E-state index < -0.39 is 5.91 Å². The normalized spacial score (nSPS) is 10.9. The Bertz CT molecular complexity index is 701. The molecule has 1 amide bonds. The van der Waals surface area contributed by atoms with Crippen molar-refractivity contribution in [3.05, 3.63) is 55.7 Å². The van der Waals surface area contributed by atoms with Gasteiger partial charge in [0.1, 0.15) is 11.6 Å². The van der Waals surface area contributed by atoms with Gasteiger partial charge in [0.05, 0.1) is 4.34 Å². The molecule has 0 saturated carbocycles. The third kappa shape index (κ3) is 3.94. The summed E-state index contributed by atoms with van der Waals surface area (Å²) in [6.45, 7) is 0. The predicted octanol–water partition coefficient (Wildman–Crippen LogP) is 4.71. The van der Waals surface area contributed by atoms with Crippen molar-refractivity contribution >= 4 is 56.5 Å². The lowest BCUT2D eigenvalue weighted by molar-refractivity contribution is -0.112. The quantitative estimate of drug-likeness (QED) is 0.631. The van der Waals surface area contributed by atoms with Gasteiger partial charge in [-0.05, 0) is 42.5 Å². The molecule has 1 aromatic heterocycles. The van der Waals surface area contributed by atoms with Crippen molar-refractivity contribution in [3.63, 3.8) is 0 Å². The van der Waals surface area contributed by atoms with E-state index >= 15 is 0 Å². The summed E-state index contributed by atoms with van der Waals surface area (Å²) in [4.78, 5) is 12.8. The van der Waals surface area contributed by atoms with Gasteiger partial charge in [-0.15, -0.1) is 11.3 Å². The maximum Gasteiger partial charge on any atom is 0.266 e. The van der Waals surface area contributed by atoms with Crippen LogP contribution in [0.5, 0.6) is 0 Å². The second-order valence-corrected chi connectivity index (χ2v) is 6.44. The van der Waals surface area contributed by atoms with Crippen LogP contribution in [0, 0.1) is 11.3 Å². The molecule has 0 radical (unpaired) electrons. The van der Waals surface area contributed by atoms with Crippen molar-refractivity contribution in [3.8, 4) is 6.07 Å². The first-order valence-electron chi connectivity index (χ1n) is 5.52. The van der Waals surface area contributed by atoms with E-state index in [1.54, 1.807) is 24.3 Å². The van der Waals surface area contributed by atoms with E-state index in [0.29, 0.717) is 10.0 Å². The van der Waals surface area contributed by atoms with Gasteiger partial charge in [-0.3, -0.25) is 4.79 Å². The number of hydrogen-bond acceptors (Lipinski definition) is 3. The van der Waals surface area contributed by atoms with Gasteiger partial charge in [0, 0.05) is 15.0 Å². The average molecular weight is 368 g/mol. The van der Waals surface area contributed by atoms with Crippen molar-refractivity contribution in [2.24, 2.45) is 0 Å². The maximum absolute atomic E-state index is 12.0. The third-order valence-corrected chi connectivity index (χ3v) is 4.05. The smallest absolute Gasteiger partial charge is 0.266 e. The number of carbonyl (C=O) groups is 1. The van der Waals surface area contributed by atoms with Gasteiger partial charge < -0.3 is 5.32 Å². The van der Waals surface area contributed by atoms with Crippen molar-refractivity contribution in [2.75, 3.05) is 5.32 Å². The Balaban J connectivity index is 2.16. The van der Waals surface area contributed by atoms with E-state index in [9.17, 15) is 4.79 Å². The molecular weight excluding hydrogens is 360 g/mol. The zero-order valence-electron chi connectivity index (χ0n) is 10.1. The van der Waals surface area contributed by atoms with Gasteiger partial charge in [0.15, 0.2) is 0 Å². The highest BCUT2D eigenvalue weighted by molar-refractivity contribution is 9.10. The Labute approximate surface area is 133 Å². The van der Waals surface area contributed by atoms with Crippen molar-refractivity contribution < 1.29 is 4.79 Å². The first kappa shape index (κ1) is 14.8. The molecule has 0 aliphatic carbocycles. The van der Waals surface area contributed by atoms with Gasteiger partial charge in [0.2, 0.25) is 0 Å². The minimum atomic E-state index is -0.445. The molecule has 0 fully saturated rings. The van der Waals surface area contributed by atoms with Crippen LogP contribution in [0.4, 0.5) is 5.69 Å². The minimum Gasteiger partial charge on any atom is -0.321 e. The minimum absolute atomic E-state index is 0.0337. The number of benzene rings is 1. The number of hydrogen-bond donors (Lipinski definition) is 1. The lowest BCUT2D eigenvalue weighted by Crippen LogP contribution is -2.13. The molecule has 1 aromatic carbocycles. The van der Waals surface area contributed by atoms with Crippen molar-refractivity contribution in [2.45, 2.75) is 0 Å². The number of nitriles is 1. The molecule has 0 aliphatic rings. The summed E-state index contributed by atoms with van der Waals surface area (Å²) >= 11 is 10.4. The second-order valence-electron chi connectivity index (χ2n) is 3.77. The van der Waals surface area contributed by atoms with Crippen LogP contribution in [0.3, 0.4) is 0 Å². The summed E-state index contributed by atoms with van der Waals surface area (Å²) in [6, 6.07) is 12.5. The van der Waals surface area contributed by atoms with Crippen molar-refractivity contribution in [1.29, 1.82) is 5.26 Å². The van der Waals surface area contributed by atoms with Crippen LogP contribution in [0.25, 0.3) is 6.08 Å². The van der Waals surface area contributed by atoms with Crippen LogP contribution < -0.4 is 5.32 Å². The standard InChI is InChI=1S/C14H8BrClN2OS/c15-10-1-3-11(4-2-10)18-14(19)9(8-17)7-12-5-6-13(16)20-12/h1-7H,(H,18,19)/b9-7-.